The molecule has 1 aliphatic rings. The smallest absolute Gasteiger partial charge is 0.165 e. The minimum absolute atomic E-state index is 0.179. The Morgan fingerprint density at radius 2 is 2.10 bits per heavy atom. The standard InChI is InChI=1S/C17H18ClNO2/c1-17(2)9-11-4-3-5-15(16(11)21-17)20-10-12-6-7-13(18)8-14(12)19/h3-8H,9-10,19H2,1-2H3. The fourth-order valence-corrected chi connectivity index (χ4v) is 2.73. The van der Waals surface area contributed by atoms with E-state index in [1.165, 1.54) is 5.56 Å². The Hall–Kier alpha value is -1.87. The summed E-state index contributed by atoms with van der Waals surface area (Å²) in [6.45, 7) is 4.55. The maximum absolute atomic E-state index is 5.99. The summed E-state index contributed by atoms with van der Waals surface area (Å²) >= 11 is 5.90. The molecule has 110 valence electrons. The number of ether oxygens (including phenoxy) is 2. The van der Waals surface area contributed by atoms with Gasteiger partial charge < -0.3 is 15.2 Å². The molecule has 21 heavy (non-hydrogen) atoms. The van der Waals surface area contributed by atoms with E-state index >= 15 is 0 Å². The highest BCUT2D eigenvalue weighted by molar-refractivity contribution is 6.30. The van der Waals surface area contributed by atoms with Gasteiger partial charge >= 0.3 is 0 Å². The third kappa shape index (κ3) is 2.93. The van der Waals surface area contributed by atoms with Crippen LogP contribution >= 0.6 is 11.6 Å². The van der Waals surface area contributed by atoms with Crippen molar-refractivity contribution >= 4 is 17.3 Å². The van der Waals surface area contributed by atoms with Crippen molar-refractivity contribution in [1.82, 2.24) is 0 Å². The van der Waals surface area contributed by atoms with Gasteiger partial charge in [-0.3, -0.25) is 0 Å². The summed E-state index contributed by atoms with van der Waals surface area (Å²) < 4.78 is 11.9. The summed E-state index contributed by atoms with van der Waals surface area (Å²) in [6.07, 6.45) is 0.891. The molecule has 0 fully saturated rings. The molecule has 0 radical (unpaired) electrons. The van der Waals surface area contributed by atoms with Gasteiger partial charge in [-0.2, -0.15) is 0 Å². The molecular formula is C17H18ClNO2. The first kappa shape index (κ1) is 14.1. The van der Waals surface area contributed by atoms with E-state index in [4.69, 9.17) is 26.8 Å². The quantitative estimate of drug-likeness (QED) is 0.864. The van der Waals surface area contributed by atoms with Gasteiger partial charge in [0.15, 0.2) is 11.5 Å². The second-order valence-electron chi connectivity index (χ2n) is 5.91. The molecule has 2 aromatic carbocycles. The number of anilines is 1. The van der Waals surface area contributed by atoms with E-state index in [0.29, 0.717) is 17.3 Å². The number of nitrogens with two attached hydrogens (primary N) is 1. The first-order valence-corrected chi connectivity index (χ1v) is 7.30. The molecule has 0 spiro atoms. The molecule has 3 rings (SSSR count). The molecule has 1 aliphatic heterocycles. The Morgan fingerprint density at radius 3 is 2.86 bits per heavy atom. The highest BCUT2D eigenvalue weighted by Gasteiger charge is 2.32. The first-order chi connectivity index (χ1) is 9.94. The zero-order chi connectivity index (χ0) is 15.0. The van der Waals surface area contributed by atoms with E-state index in [2.05, 4.69) is 19.9 Å². The normalized spacial score (nSPS) is 15.4. The zero-order valence-electron chi connectivity index (χ0n) is 12.2. The van der Waals surface area contributed by atoms with Gasteiger partial charge in [0.1, 0.15) is 12.2 Å². The van der Waals surface area contributed by atoms with Crippen molar-refractivity contribution in [3.05, 3.63) is 52.5 Å². The molecule has 2 aromatic rings. The molecule has 0 unspecified atom stereocenters. The largest absolute Gasteiger partial charge is 0.485 e. The van der Waals surface area contributed by atoms with E-state index in [-0.39, 0.29) is 5.60 Å². The van der Waals surface area contributed by atoms with Crippen LogP contribution in [-0.4, -0.2) is 5.60 Å². The molecular weight excluding hydrogens is 286 g/mol. The number of benzene rings is 2. The third-order valence-corrected chi connectivity index (χ3v) is 3.78. The van der Waals surface area contributed by atoms with Gasteiger partial charge in [-0.1, -0.05) is 29.8 Å². The topological polar surface area (TPSA) is 44.5 Å². The summed E-state index contributed by atoms with van der Waals surface area (Å²) in [4.78, 5) is 0. The molecule has 3 nitrogen and oxygen atoms in total. The molecule has 0 amide bonds. The summed E-state index contributed by atoms with van der Waals surface area (Å²) in [6, 6.07) is 11.4. The second kappa shape index (κ2) is 5.15. The first-order valence-electron chi connectivity index (χ1n) is 6.92. The van der Waals surface area contributed by atoms with Crippen LogP contribution in [0.2, 0.25) is 5.02 Å². The van der Waals surface area contributed by atoms with E-state index < -0.39 is 0 Å². The summed E-state index contributed by atoms with van der Waals surface area (Å²) in [5.41, 5.74) is 8.50. The van der Waals surface area contributed by atoms with Gasteiger partial charge in [0.2, 0.25) is 0 Å². The van der Waals surface area contributed by atoms with Crippen LogP contribution in [0, 0.1) is 0 Å². The van der Waals surface area contributed by atoms with Gasteiger partial charge in [0.25, 0.3) is 0 Å². The monoisotopic (exact) mass is 303 g/mol. The lowest BCUT2D eigenvalue weighted by Crippen LogP contribution is -2.24. The van der Waals surface area contributed by atoms with Crippen molar-refractivity contribution in [1.29, 1.82) is 0 Å². The number of rotatable bonds is 3. The van der Waals surface area contributed by atoms with Crippen LogP contribution in [-0.2, 0) is 13.0 Å². The number of hydrogen-bond acceptors (Lipinski definition) is 3. The number of halogens is 1. The van der Waals surface area contributed by atoms with Crippen molar-refractivity contribution in [2.45, 2.75) is 32.5 Å². The van der Waals surface area contributed by atoms with Crippen molar-refractivity contribution in [2.24, 2.45) is 0 Å². The molecule has 0 aliphatic carbocycles. The lowest BCUT2D eigenvalue weighted by atomic mass is 10.0. The summed E-state index contributed by atoms with van der Waals surface area (Å²) in [5, 5.41) is 0.627. The van der Waals surface area contributed by atoms with Crippen molar-refractivity contribution in [3.63, 3.8) is 0 Å². The van der Waals surface area contributed by atoms with Crippen LogP contribution in [0.3, 0.4) is 0 Å². The lowest BCUT2D eigenvalue weighted by Gasteiger charge is -2.18. The Labute approximate surface area is 129 Å². The molecule has 4 heteroatoms. The van der Waals surface area contributed by atoms with Crippen LogP contribution in [0.5, 0.6) is 11.5 Å². The molecule has 0 aromatic heterocycles. The van der Waals surface area contributed by atoms with E-state index in [9.17, 15) is 0 Å². The fraction of sp³-hybridized carbons (Fsp3) is 0.294. The maximum atomic E-state index is 5.99. The lowest BCUT2D eigenvalue weighted by molar-refractivity contribution is 0.131. The predicted octanol–water partition coefficient (Wildman–Crippen LogP) is 4.21. The average molecular weight is 304 g/mol. The third-order valence-electron chi connectivity index (χ3n) is 3.55. The van der Waals surface area contributed by atoms with Crippen molar-refractivity contribution in [2.75, 3.05) is 5.73 Å². The van der Waals surface area contributed by atoms with E-state index in [0.717, 1.165) is 23.5 Å². The Morgan fingerprint density at radius 1 is 1.29 bits per heavy atom. The van der Waals surface area contributed by atoms with Crippen molar-refractivity contribution < 1.29 is 9.47 Å². The maximum Gasteiger partial charge on any atom is 0.165 e. The molecule has 0 saturated heterocycles. The highest BCUT2D eigenvalue weighted by atomic mass is 35.5. The van der Waals surface area contributed by atoms with E-state index in [1.54, 1.807) is 6.07 Å². The Balaban J connectivity index is 1.80. The SMILES string of the molecule is CC1(C)Cc2cccc(OCc3ccc(Cl)cc3N)c2O1. The predicted molar refractivity (Wildman–Crippen MR) is 85.0 cm³/mol. The van der Waals surface area contributed by atoms with Gasteiger partial charge in [-0.25, -0.2) is 0 Å². The fourth-order valence-electron chi connectivity index (χ4n) is 2.55. The Bertz CT molecular complexity index is 682. The second-order valence-corrected chi connectivity index (χ2v) is 6.35. The van der Waals surface area contributed by atoms with Crippen LogP contribution in [0.25, 0.3) is 0 Å². The Kier molecular flexibility index (Phi) is 3.46. The van der Waals surface area contributed by atoms with Crippen LogP contribution in [0.1, 0.15) is 25.0 Å². The average Bonchev–Trinajstić information content (AvgIpc) is 2.72. The van der Waals surface area contributed by atoms with E-state index in [1.807, 2.05) is 24.3 Å². The summed E-state index contributed by atoms with van der Waals surface area (Å²) in [7, 11) is 0. The molecule has 1 heterocycles. The molecule has 0 saturated carbocycles. The zero-order valence-corrected chi connectivity index (χ0v) is 12.9. The van der Waals surface area contributed by atoms with Crippen LogP contribution in [0.4, 0.5) is 5.69 Å². The number of hydrogen-bond donors (Lipinski definition) is 1. The molecule has 0 bridgehead atoms. The molecule has 2 N–H and O–H groups in total. The van der Waals surface area contributed by atoms with Gasteiger partial charge in [-0.05, 0) is 32.0 Å². The van der Waals surface area contributed by atoms with Gasteiger partial charge in [0.05, 0.1) is 0 Å². The van der Waals surface area contributed by atoms with Crippen molar-refractivity contribution in [3.8, 4) is 11.5 Å². The number of fused-ring (bicyclic) bond motifs is 1. The van der Waals surface area contributed by atoms with Crippen LogP contribution < -0.4 is 15.2 Å². The number of para-hydroxylation sites is 1. The van der Waals surface area contributed by atoms with Gasteiger partial charge in [0, 0.05) is 28.3 Å². The minimum Gasteiger partial charge on any atom is -0.485 e. The van der Waals surface area contributed by atoms with Gasteiger partial charge in [-0.15, -0.1) is 0 Å². The highest BCUT2D eigenvalue weighted by Crippen LogP contribution is 2.42. The summed E-state index contributed by atoms with van der Waals surface area (Å²) in [5.74, 6) is 1.60. The molecule has 0 atom stereocenters. The minimum atomic E-state index is -0.179. The number of nitrogen functional groups attached to an aromatic ring is 1. The van der Waals surface area contributed by atoms with Crippen LogP contribution in [0.15, 0.2) is 36.4 Å².